The van der Waals surface area contributed by atoms with E-state index in [2.05, 4.69) is 94.7 Å². The highest BCUT2D eigenvalue weighted by atomic mass is 15.2. The Morgan fingerprint density at radius 1 is 0.824 bits per heavy atom. The monoisotopic (exact) mass is 444 g/mol. The molecule has 0 radical (unpaired) electrons. The van der Waals surface area contributed by atoms with Crippen LogP contribution in [-0.4, -0.2) is 19.5 Å². The lowest BCUT2D eigenvalue weighted by Crippen LogP contribution is -2.35. The third kappa shape index (κ3) is 3.20. The van der Waals surface area contributed by atoms with Crippen molar-refractivity contribution in [2.45, 2.75) is 26.9 Å². The minimum Gasteiger partial charge on any atom is -0.354 e. The van der Waals surface area contributed by atoms with Gasteiger partial charge >= 0.3 is 5.65 Å². The Balaban J connectivity index is 1.58. The number of hydrogen-bond donors (Lipinski definition) is 1. The third-order valence-electron chi connectivity index (χ3n) is 6.44. The summed E-state index contributed by atoms with van der Waals surface area (Å²) in [7, 11) is 0. The van der Waals surface area contributed by atoms with E-state index in [1.54, 1.807) is 0 Å². The summed E-state index contributed by atoms with van der Waals surface area (Å²) in [5.41, 5.74) is 8.30. The topological polar surface area (TPSA) is 50.4 Å². The van der Waals surface area contributed by atoms with Crippen LogP contribution in [0.3, 0.4) is 0 Å². The van der Waals surface area contributed by atoms with Crippen molar-refractivity contribution in [3.8, 4) is 11.3 Å². The average Bonchev–Trinajstić information content (AvgIpc) is 3.40. The molecule has 0 bridgehead atoms. The van der Waals surface area contributed by atoms with Crippen molar-refractivity contribution >= 4 is 45.4 Å². The van der Waals surface area contributed by atoms with Crippen LogP contribution >= 0.6 is 0 Å². The molecule has 0 aliphatic heterocycles. The lowest BCUT2D eigenvalue weighted by atomic mass is 10.0. The van der Waals surface area contributed by atoms with Crippen molar-refractivity contribution in [1.82, 2.24) is 19.5 Å². The first-order valence-corrected chi connectivity index (χ1v) is 11.8. The van der Waals surface area contributed by atoms with Crippen LogP contribution in [0.15, 0.2) is 78.9 Å². The molecule has 0 saturated heterocycles. The van der Waals surface area contributed by atoms with E-state index in [-0.39, 0.29) is 0 Å². The van der Waals surface area contributed by atoms with Crippen LogP contribution in [-0.2, 0) is 13.1 Å². The molecule has 0 amide bonds. The second-order valence-corrected chi connectivity index (χ2v) is 8.36. The van der Waals surface area contributed by atoms with E-state index in [4.69, 9.17) is 9.97 Å². The highest BCUT2D eigenvalue weighted by Gasteiger charge is 2.24. The van der Waals surface area contributed by atoms with E-state index in [0.717, 1.165) is 52.5 Å². The number of aryl methyl sites for hydroxylation is 2. The van der Waals surface area contributed by atoms with Crippen LogP contribution in [0.4, 0.5) is 0 Å². The number of H-pyrrole nitrogens is 1. The van der Waals surface area contributed by atoms with E-state index in [0.29, 0.717) is 0 Å². The van der Waals surface area contributed by atoms with Crippen molar-refractivity contribution in [3.63, 3.8) is 0 Å². The molecular formula is C29H26N5+. The second-order valence-electron chi connectivity index (χ2n) is 8.36. The van der Waals surface area contributed by atoms with Gasteiger partial charge in [-0.25, -0.2) is 14.1 Å². The Hall–Kier alpha value is -4.25. The Labute approximate surface area is 198 Å². The number of hydrogen-bond acceptors (Lipinski definition) is 2. The number of benzene rings is 3. The zero-order chi connectivity index (χ0) is 23.1. The fourth-order valence-corrected chi connectivity index (χ4v) is 4.84. The second kappa shape index (κ2) is 8.27. The summed E-state index contributed by atoms with van der Waals surface area (Å²) in [4.78, 5) is 13.6. The predicted octanol–water partition coefficient (Wildman–Crippen LogP) is 6.23. The molecule has 5 heteroatoms. The highest BCUT2D eigenvalue weighted by Crippen LogP contribution is 2.32. The molecule has 1 N–H and O–H groups in total. The van der Waals surface area contributed by atoms with Crippen molar-refractivity contribution in [1.29, 1.82) is 0 Å². The maximum absolute atomic E-state index is 4.98. The van der Waals surface area contributed by atoms with Crippen LogP contribution in [0.25, 0.3) is 56.6 Å². The van der Waals surface area contributed by atoms with Gasteiger partial charge in [-0.15, -0.1) is 0 Å². The smallest absolute Gasteiger partial charge is 0.323 e. The number of nitrogens with zero attached hydrogens (tertiary/aromatic N) is 4. The first-order chi connectivity index (χ1) is 16.8. The van der Waals surface area contributed by atoms with Crippen LogP contribution in [0.2, 0.25) is 0 Å². The van der Waals surface area contributed by atoms with Crippen molar-refractivity contribution < 1.29 is 4.57 Å². The van der Waals surface area contributed by atoms with Crippen molar-refractivity contribution in [2.24, 2.45) is 0 Å². The number of fused-ring (bicyclic) bond motifs is 3. The van der Waals surface area contributed by atoms with Crippen LogP contribution in [0.5, 0.6) is 0 Å². The molecule has 0 aliphatic carbocycles. The quantitative estimate of drug-likeness (QED) is 0.320. The van der Waals surface area contributed by atoms with Crippen LogP contribution in [0, 0.1) is 0 Å². The Kier molecular flexibility index (Phi) is 4.95. The summed E-state index contributed by atoms with van der Waals surface area (Å²) in [5.74, 6) is 1.10. The molecule has 6 aromatic rings. The van der Waals surface area contributed by atoms with Crippen LogP contribution < -0.4 is 4.57 Å². The normalized spacial score (nSPS) is 11.9. The van der Waals surface area contributed by atoms with Gasteiger partial charge < -0.3 is 4.98 Å². The van der Waals surface area contributed by atoms with Gasteiger partial charge in [0.2, 0.25) is 5.82 Å². The van der Waals surface area contributed by atoms with Gasteiger partial charge in [0.1, 0.15) is 5.52 Å². The van der Waals surface area contributed by atoms with Crippen LogP contribution in [0.1, 0.15) is 25.2 Å². The molecule has 3 heterocycles. The number of nitrogens with one attached hydrogen (secondary N) is 1. The summed E-state index contributed by atoms with van der Waals surface area (Å²) >= 11 is 0. The van der Waals surface area contributed by atoms with Gasteiger partial charge in [-0.1, -0.05) is 65.6 Å². The maximum Gasteiger partial charge on any atom is 0.323 e. The molecule has 6 rings (SSSR count). The standard InChI is InChI=1S/C29H25N5/c1-3-33-26(34(4-2)29-28(33)31-24-16-10-11-17-25(24)32-29)19-18-22-21-14-8-9-15-23(21)30-27(22)20-12-6-5-7-13-20/h5-19H,3-4H2,1-2H3/p+1. The summed E-state index contributed by atoms with van der Waals surface area (Å²) in [6.45, 7) is 5.95. The highest BCUT2D eigenvalue weighted by molar-refractivity contribution is 5.98. The molecule has 0 atom stereocenters. The Morgan fingerprint density at radius 2 is 1.53 bits per heavy atom. The molecule has 3 aromatic carbocycles. The van der Waals surface area contributed by atoms with E-state index < -0.39 is 0 Å². The van der Waals surface area contributed by atoms with Gasteiger partial charge in [-0.3, -0.25) is 0 Å². The fourth-order valence-electron chi connectivity index (χ4n) is 4.84. The molecule has 0 saturated carbocycles. The van der Waals surface area contributed by atoms with Gasteiger partial charge in [0.25, 0.3) is 5.65 Å². The predicted molar refractivity (Wildman–Crippen MR) is 139 cm³/mol. The number of aromatic nitrogens is 5. The van der Waals surface area contributed by atoms with Crippen molar-refractivity contribution in [3.05, 3.63) is 90.3 Å². The molecule has 0 spiro atoms. The van der Waals surface area contributed by atoms with Gasteiger partial charge in [0.15, 0.2) is 5.52 Å². The van der Waals surface area contributed by atoms with E-state index in [1.807, 2.05) is 24.3 Å². The zero-order valence-corrected chi connectivity index (χ0v) is 19.4. The lowest BCUT2D eigenvalue weighted by molar-refractivity contribution is -0.672. The molecule has 0 fully saturated rings. The number of imidazole rings is 1. The van der Waals surface area contributed by atoms with E-state index >= 15 is 0 Å². The molecule has 5 nitrogen and oxygen atoms in total. The average molecular weight is 445 g/mol. The van der Waals surface area contributed by atoms with E-state index in [1.165, 1.54) is 16.5 Å². The molecule has 0 unspecified atom stereocenters. The SMILES string of the molecule is CCn1c(C=Cc2c(-c3ccccc3)[nH]c3ccccc23)[n+](CC)c2nc3ccccc3nc21. The van der Waals surface area contributed by atoms with E-state index in [9.17, 15) is 0 Å². The minimum absolute atomic E-state index is 0.815. The number of rotatable bonds is 5. The lowest BCUT2D eigenvalue weighted by Gasteiger charge is -2.02. The zero-order valence-electron chi connectivity index (χ0n) is 19.4. The summed E-state index contributed by atoms with van der Waals surface area (Å²) in [6, 6.07) is 27.1. The fraction of sp³-hybridized carbons (Fsp3) is 0.138. The maximum atomic E-state index is 4.98. The third-order valence-corrected chi connectivity index (χ3v) is 6.44. The van der Waals surface area contributed by atoms with Gasteiger partial charge in [0, 0.05) is 22.5 Å². The first-order valence-electron chi connectivity index (χ1n) is 11.8. The molecule has 0 aliphatic rings. The largest absolute Gasteiger partial charge is 0.354 e. The molecule has 34 heavy (non-hydrogen) atoms. The van der Waals surface area contributed by atoms with Gasteiger partial charge in [0.05, 0.1) is 18.8 Å². The molecule has 166 valence electrons. The summed E-state index contributed by atoms with van der Waals surface area (Å²) in [6.07, 6.45) is 4.44. The molecular weight excluding hydrogens is 418 g/mol. The van der Waals surface area contributed by atoms with Gasteiger partial charge in [-0.2, -0.15) is 0 Å². The van der Waals surface area contributed by atoms with Crippen molar-refractivity contribution in [2.75, 3.05) is 0 Å². The summed E-state index contributed by atoms with van der Waals surface area (Å²) < 4.78 is 4.51. The first kappa shape index (κ1) is 20.4. The summed E-state index contributed by atoms with van der Waals surface area (Å²) in [5, 5.41) is 1.21. The Morgan fingerprint density at radius 3 is 2.29 bits per heavy atom. The Bertz CT molecular complexity index is 1610. The number of para-hydroxylation sites is 3. The molecule has 3 aromatic heterocycles. The minimum atomic E-state index is 0.815. The number of aromatic amines is 1. The van der Waals surface area contributed by atoms with Gasteiger partial charge in [-0.05, 0) is 43.7 Å².